The summed E-state index contributed by atoms with van der Waals surface area (Å²) in [7, 11) is -0.283. The SMILES string of the molecule is CCCCN(CCCC)c1cccc(B2OC(C)(C)C(C)(C)O2)c1. The van der Waals surface area contributed by atoms with E-state index in [1.807, 2.05) is 0 Å². The van der Waals surface area contributed by atoms with Gasteiger partial charge in [-0.2, -0.15) is 0 Å². The van der Waals surface area contributed by atoms with E-state index < -0.39 is 0 Å². The van der Waals surface area contributed by atoms with Gasteiger partial charge in [-0.15, -0.1) is 0 Å². The maximum atomic E-state index is 6.21. The van der Waals surface area contributed by atoms with Crippen LogP contribution in [0.2, 0.25) is 0 Å². The number of hydrogen-bond acceptors (Lipinski definition) is 3. The Bertz CT molecular complexity index is 506. The van der Waals surface area contributed by atoms with Gasteiger partial charge in [0.1, 0.15) is 0 Å². The first-order chi connectivity index (χ1) is 11.3. The Morgan fingerprint density at radius 1 is 0.917 bits per heavy atom. The van der Waals surface area contributed by atoms with E-state index in [0.717, 1.165) is 18.6 Å². The summed E-state index contributed by atoms with van der Waals surface area (Å²) in [6, 6.07) is 8.69. The third-order valence-electron chi connectivity index (χ3n) is 5.32. The molecule has 1 aliphatic heterocycles. The van der Waals surface area contributed by atoms with Crippen molar-refractivity contribution in [3.8, 4) is 0 Å². The lowest BCUT2D eigenvalue weighted by atomic mass is 9.79. The first kappa shape index (κ1) is 19.3. The Kier molecular flexibility index (Phi) is 6.38. The average Bonchev–Trinajstić information content (AvgIpc) is 2.76. The van der Waals surface area contributed by atoms with Gasteiger partial charge in [-0.1, -0.05) is 38.8 Å². The van der Waals surface area contributed by atoms with Crippen LogP contribution in [0.5, 0.6) is 0 Å². The molecule has 4 heteroatoms. The molecular weight excluding hydrogens is 297 g/mol. The number of rotatable bonds is 8. The van der Waals surface area contributed by atoms with Crippen molar-refractivity contribution in [3.05, 3.63) is 24.3 Å². The van der Waals surface area contributed by atoms with Gasteiger partial charge in [0.05, 0.1) is 11.2 Å². The summed E-state index contributed by atoms with van der Waals surface area (Å²) < 4.78 is 12.4. The minimum absolute atomic E-state index is 0.283. The zero-order valence-electron chi connectivity index (χ0n) is 16.4. The molecule has 0 atom stereocenters. The maximum absolute atomic E-state index is 6.21. The van der Waals surface area contributed by atoms with Crippen molar-refractivity contribution in [2.75, 3.05) is 18.0 Å². The fourth-order valence-electron chi connectivity index (χ4n) is 2.92. The molecule has 1 saturated heterocycles. The fraction of sp³-hybridized carbons (Fsp3) is 0.700. The number of hydrogen-bond donors (Lipinski definition) is 0. The van der Waals surface area contributed by atoms with Crippen molar-refractivity contribution in [2.24, 2.45) is 0 Å². The lowest BCUT2D eigenvalue weighted by Gasteiger charge is -2.32. The molecule has 134 valence electrons. The van der Waals surface area contributed by atoms with Crippen LogP contribution in [-0.4, -0.2) is 31.4 Å². The molecule has 1 fully saturated rings. The van der Waals surface area contributed by atoms with Crippen LogP contribution in [0.1, 0.15) is 67.2 Å². The third kappa shape index (κ3) is 4.34. The molecule has 2 rings (SSSR count). The van der Waals surface area contributed by atoms with Crippen LogP contribution >= 0.6 is 0 Å². The molecule has 0 saturated carbocycles. The van der Waals surface area contributed by atoms with E-state index in [4.69, 9.17) is 9.31 Å². The van der Waals surface area contributed by atoms with Crippen LogP contribution in [0, 0.1) is 0 Å². The Labute approximate surface area is 148 Å². The predicted molar refractivity (Wildman–Crippen MR) is 104 cm³/mol. The topological polar surface area (TPSA) is 21.7 Å². The van der Waals surface area contributed by atoms with Crippen LogP contribution < -0.4 is 10.4 Å². The highest BCUT2D eigenvalue weighted by atomic mass is 16.7. The molecule has 1 heterocycles. The van der Waals surface area contributed by atoms with Crippen molar-refractivity contribution in [2.45, 2.75) is 78.4 Å². The number of benzene rings is 1. The van der Waals surface area contributed by atoms with Crippen LogP contribution in [0.4, 0.5) is 5.69 Å². The first-order valence-electron chi connectivity index (χ1n) is 9.51. The van der Waals surface area contributed by atoms with E-state index in [0.29, 0.717) is 0 Å². The van der Waals surface area contributed by atoms with Crippen LogP contribution in [0.25, 0.3) is 0 Å². The Balaban J connectivity index is 2.18. The zero-order chi connectivity index (χ0) is 17.8. The van der Waals surface area contributed by atoms with Gasteiger partial charge in [0.15, 0.2) is 0 Å². The zero-order valence-corrected chi connectivity index (χ0v) is 16.4. The molecule has 0 aliphatic carbocycles. The van der Waals surface area contributed by atoms with E-state index in [9.17, 15) is 0 Å². The first-order valence-corrected chi connectivity index (χ1v) is 9.51. The van der Waals surface area contributed by atoms with Crippen molar-refractivity contribution in [3.63, 3.8) is 0 Å². The van der Waals surface area contributed by atoms with Gasteiger partial charge >= 0.3 is 7.12 Å². The van der Waals surface area contributed by atoms with E-state index >= 15 is 0 Å². The summed E-state index contributed by atoms with van der Waals surface area (Å²) in [5.74, 6) is 0. The van der Waals surface area contributed by atoms with Crippen molar-refractivity contribution in [1.82, 2.24) is 0 Å². The number of nitrogens with zero attached hydrogens (tertiary/aromatic N) is 1. The van der Waals surface area contributed by atoms with Crippen molar-refractivity contribution < 1.29 is 9.31 Å². The summed E-state index contributed by atoms with van der Waals surface area (Å²) >= 11 is 0. The highest BCUT2D eigenvalue weighted by Gasteiger charge is 2.51. The van der Waals surface area contributed by atoms with Crippen molar-refractivity contribution >= 4 is 18.3 Å². The van der Waals surface area contributed by atoms with E-state index in [1.165, 1.54) is 31.4 Å². The van der Waals surface area contributed by atoms with Crippen molar-refractivity contribution in [1.29, 1.82) is 0 Å². The van der Waals surface area contributed by atoms with Gasteiger partial charge in [0.2, 0.25) is 0 Å². The van der Waals surface area contributed by atoms with E-state index in [2.05, 4.69) is 70.7 Å². The van der Waals surface area contributed by atoms with Crippen LogP contribution in [0.3, 0.4) is 0 Å². The quantitative estimate of drug-likeness (QED) is 0.659. The molecule has 0 radical (unpaired) electrons. The monoisotopic (exact) mass is 331 g/mol. The summed E-state index contributed by atoms with van der Waals surface area (Å²) in [4.78, 5) is 2.50. The molecule has 0 bridgehead atoms. The summed E-state index contributed by atoms with van der Waals surface area (Å²) in [6.07, 6.45) is 4.90. The highest BCUT2D eigenvalue weighted by molar-refractivity contribution is 6.62. The molecule has 1 aromatic carbocycles. The molecule has 24 heavy (non-hydrogen) atoms. The Hall–Kier alpha value is -0.995. The van der Waals surface area contributed by atoms with Gasteiger partial charge < -0.3 is 14.2 Å². The average molecular weight is 331 g/mol. The summed E-state index contributed by atoms with van der Waals surface area (Å²) in [5, 5.41) is 0. The number of unbranched alkanes of at least 4 members (excludes halogenated alkanes) is 2. The molecule has 1 aliphatic rings. The maximum Gasteiger partial charge on any atom is 0.494 e. The second-order valence-electron chi connectivity index (χ2n) is 7.88. The van der Waals surface area contributed by atoms with Crippen LogP contribution in [0.15, 0.2) is 24.3 Å². The van der Waals surface area contributed by atoms with Gasteiger partial charge in [-0.05, 0) is 58.1 Å². The molecule has 0 N–H and O–H groups in total. The van der Waals surface area contributed by atoms with E-state index in [1.54, 1.807) is 0 Å². The standard InChI is InChI=1S/C20H34BNO2/c1-7-9-14-22(15-10-8-2)18-13-11-12-17(16-18)21-23-19(3,4)20(5,6)24-21/h11-13,16H,7-10,14-15H2,1-6H3. The second kappa shape index (κ2) is 7.92. The molecule has 1 aromatic rings. The lowest BCUT2D eigenvalue weighted by molar-refractivity contribution is 0.00578. The molecular formula is C20H34BNO2. The lowest BCUT2D eigenvalue weighted by Crippen LogP contribution is -2.41. The Morgan fingerprint density at radius 3 is 1.96 bits per heavy atom. The molecule has 3 nitrogen and oxygen atoms in total. The van der Waals surface area contributed by atoms with Crippen LogP contribution in [-0.2, 0) is 9.31 Å². The minimum Gasteiger partial charge on any atom is -0.399 e. The normalized spacial score (nSPS) is 18.8. The molecule has 0 amide bonds. The second-order valence-corrected chi connectivity index (χ2v) is 7.88. The van der Waals surface area contributed by atoms with Gasteiger partial charge in [-0.25, -0.2) is 0 Å². The number of anilines is 1. The summed E-state index contributed by atoms with van der Waals surface area (Å²) in [6.45, 7) is 15.1. The smallest absolute Gasteiger partial charge is 0.399 e. The fourth-order valence-corrected chi connectivity index (χ4v) is 2.92. The Morgan fingerprint density at radius 2 is 1.46 bits per heavy atom. The van der Waals surface area contributed by atoms with Gasteiger partial charge in [0, 0.05) is 18.8 Å². The highest BCUT2D eigenvalue weighted by Crippen LogP contribution is 2.36. The molecule has 0 spiro atoms. The molecule has 0 unspecified atom stereocenters. The summed E-state index contributed by atoms with van der Waals surface area (Å²) in [5.41, 5.74) is 1.81. The van der Waals surface area contributed by atoms with Gasteiger partial charge in [0.25, 0.3) is 0 Å². The molecule has 0 aromatic heterocycles. The minimum atomic E-state index is -0.294. The van der Waals surface area contributed by atoms with E-state index in [-0.39, 0.29) is 18.3 Å². The van der Waals surface area contributed by atoms with Gasteiger partial charge in [-0.3, -0.25) is 0 Å². The predicted octanol–water partition coefficient (Wildman–Crippen LogP) is 4.39. The largest absolute Gasteiger partial charge is 0.494 e. The third-order valence-corrected chi connectivity index (χ3v) is 5.32.